The molecule has 2 rings (SSSR count). The van der Waals surface area contributed by atoms with Gasteiger partial charge in [-0.3, -0.25) is 9.69 Å². The first-order chi connectivity index (χ1) is 7.81. The van der Waals surface area contributed by atoms with Crippen LogP contribution in [0.2, 0.25) is 0 Å². The highest BCUT2D eigenvalue weighted by molar-refractivity contribution is 6.18. The molecular weight excluding hydrogens is 230 g/mol. The van der Waals surface area contributed by atoms with Crippen molar-refractivity contribution in [1.82, 2.24) is 25.2 Å². The van der Waals surface area contributed by atoms with E-state index in [4.69, 9.17) is 11.6 Å². The lowest BCUT2D eigenvalue weighted by Gasteiger charge is -2.33. The van der Waals surface area contributed by atoms with Gasteiger partial charge in [0, 0.05) is 38.6 Å². The minimum absolute atomic E-state index is 0.0562. The second-order valence-corrected chi connectivity index (χ2v) is 4.06. The lowest BCUT2D eigenvalue weighted by molar-refractivity contribution is 0.0638. The molecule has 1 N–H and O–H groups in total. The number of H-pyrrole nitrogens is 1. The first kappa shape index (κ1) is 11.3. The average molecular weight is 244 g/mol. The Morgan fingerprint density at radius 3 is 2.75 bits per heavy atom. The van der Waals surface area contributed by atoms with Gasteiger partial charge < -0.3 is 4.90 Å². The van der Waals surface area contributed by atoms with Crippen molar-refractivity contribution in [2.75, 3.05) is 38.6 Å². The zero-order valence-corrected chi connectivity index (χ0v) is 9.65. The Labute approximate surface area is 98.5 Å². The normalized spacial score (nSPS) is 17.7. The molecule has 0 bridgehead atoms. The van der Waals surface area contributed by atoms with Gasteiger partial charge in [0.25, 0.3) is 5.91 Å². The number of nitrogens with one attached hydrogen (secondary N) is 1. The smallest absolute Gasteiger partial charge is 0.276 e. The molecule has 1 amide bonds. The third-order valence-electron chi connectivity index (χ3n) is 2.69. The number of hydrogen-bond donors (Lipinski definition) is 1. The number of nitrogens with zero attached hydrogens (tertiary/aromatic N) is 4. The molecule has 6 nitrogen and oxygen atoms in total. The number of aromatic nitrogens is 3. The van der Waals surface area contributed by atoms with Crippen LogP contribution in [-0.2, 0) is 0 Å². The monoisotopic (exact) mass is 243 g/mol. The van der Waals surface area contributed by atoms with Crippen LogP contribution in [0.15, 0.2) is 6.20 Å². The number of amides is 1. The van der Waals surface area contributed by atoms with E-state index in [1.807, 2.05) is 0 Å². The summed E-state index contributed by atoms with van der Waals surface area (Å²) in [7, 11) is 0. The number of rotatable bonds is 3. The maximum atomic E-state index is 11.9. The van der Waals surface area contributed by atoms with Crippen LogP contribution in [0.4, 0.5) is 0 Å². The second-order valence-electron chi connectivity index (χ2n) is 3.68. The van der Waals surface area contributed by atoms with Crippen LogP contribution in [0.1, 0.15) is 10.5 Å². The average Bonchev–Trinajstić information content (AvgIpc) is 2.83. The zero-order valence-electron chi connectivity index (χ0n) is 8.90. The summed E-state index contributed by atoms with van der Waals surface area (Å²) in [5.74, 6) is 0.580. The highest BCUT2D eigenvalue weighted by Crippen LogP contribution is 2.05. The number of piperazine rings is 1. The van der Waals surface area contributed by atoms with Crippen molar-refractivity contribution in [2.24, 2.45) is 0 Å². The minimum atomic E-state index is -0.0562. The van der Waals surface area contributed by atoms with Gasteiger partial charge in [-0.2, -0.15) is 15.4 Å². The molecule has 0 radical (unpaired) electrons. The van der Waals surface area contributed by atoms with Crippen LogP contribution in [0, 0.1) is 0 Å². The SMILES string of the molecule is O=C(c1cn[nH]n1)N1CCN(CCCl)CC1. The van der Waals surface area contributed by atoms with Gasteiger partial charge >= 0.3 is 0 Å². The molecule has 0 atom stereocenters. The van der Waals surface area contributed by atoms with E-state index in [-0.39, 0.29) is 5.91 Å². The van der Waals surface area contributed by atoms with Gasteiger partial charge in [-0.1, -0.05) is 0 Å². The van der Waals surface area contributed by atoms with Crippen LogP contribution in [0.25, 0.3) is 0 Å². The Morgan fingerprint density at radius 1 is 1.44 bits per heavy atom. The molecule has 88 valence electrons. The molecule has 0 saturated carbocycles. The van der Waals surface area contributed by atoms with E-state index in [1.54, 1.807) is 4.90 Å². The van der Waals surface area contributed by atoms with Crippen LogP contribution < -0.4 is 0 Å². The van der Waals surface area contributed by atoms with E-state index < -0.39 is 0 Å². The highest BCUT2D eigenvalue weighted by Gasteiger charge is 2.22. The molecule has 1 saturated heterocycles. The van der Waals surface area contributed by atoms with Gasteiger partial charge in [-0.25, -0.2) is 0 Å². The lowest BCUT2D eigenvalue weighted by atomic mass is 10.3. The van der Waals surface area contributed by atoms with Crippen molar-refractivity contribution in [2.45, 2.75) is 0 Å². The molecule has 16 heavy (non-hydrogen) atoms. The van der Waals surface area contributed by atoms with Crippen molar-refractivity contribution in [3.63, 3.8) is 0 Å². The van der Waals surface area contributed by atoms with E-state index in [0.717, 1.165) is 32.7 Å². The summed E-state index contributed by atoms with van der Waals surface area (Å²) in [5, 5.41) is 9.86. The van der Waals surface area contributed by atoms with E-state index >= 15 is 0 Å². The Morgan fingerprint density at radius 2 is 2.19 bits per heavy atom. The van der Waals surface area contributed by atoms with Crippen LogP contribution >= 0.6 is 11.6 Å². The summed E-state index contributed by atoms with van der Waals surface area (Å²) >= 11 is 5.67. The van der Waals surface area contributed by atoms with Crippen molar-refractivity contribution >= 4 is 17.5 Å². The molecule has 2 heterocycles. The largest absolute Gasteiger partial charge is 0.335 e. The Hall–Kier alpha value is -1.14. The Bertz CT molecular complexity index is 334. The second kappa shape index (κ2) is 5.27. The van der Waals surface area contributed by atoms with Crippen molar-refractivity contribution in [1.29, 1.82) is 0 Å². The molecule has 1 aromatic rings. The summed E-state index contributed by atoms with van der Waals surface area (Å²) in [4.78, 5) is 15.9. The van der Waals surface area contributed by atoms with Gasteiger partial charge in [-0.05, 0) is 0 Å². The van der Waals surface area contributed by atoms with Crippen molar-refractivity contribution < 1.29 is 4.79 Å². The zero-order chi connectivity index (χ0) is 11.4. The van der Waals surface area contributed by atoms with Gasteiger partial charge in [0.05, 0.1) is 6.20 Å². The van der Waals surface area contributed by atoms with Gasteiger partial charge in [-0.15, -0.1) is 11.6 Å². The summed E-state index contributed by atoms with van der Waals surface area (Å²) in [5.41, 5.74) is 0.380. The standard InChI is InChI=1S/C9H14ClN5O/c10-1-2-14-3-5-15(6-4-14)9(16)8-7-11-13-12-8/h7H,1-6H2,(H,11,12,13). The third-order valence-corrected chi connectivity index (χ3v) is 2.86. The number of carbonyl (C=O) groups is 1. The fourth-order valence-corrected chi connectivity index (χ4v) is 2.00. The molecule has 1 aliphatic heterocycles. The summed E-state index contributed by atoms with van der Waals surface area (Å²) in [6.45, 7) is 4.07. The first-order valence-electron chi connectivity index (χ1n) is 5.24. The maximum Gasteiger partial charge on any atom is 0.276 e. The number of alkyl halides is 1. The van der Waals surface area contributed by atoms with E-state index in [1.165, 1.54) is 6.20 Å². The highest BCUT2D eigenvalue weighted by atomic mass is 35.5. The third kappa shape index (κ3) is 2.51. The molecule has 1 aromatic heterocycles. The summed E-state index contributed by atoms with van der Waals surface area (Å²) in [6.07, 6.45) is 1.45. The van der Waals surface area contributed by atoms with E-state index in [0.29, 0.717) is 11.6 Å². The topological polar surface area (TPSA) is 65.1 Å². The predicted octanol–water partition coefficient (Wildman–Crippen LogP) is -0.199. The fourth-order valence-electron chi connectivity index (χ4n) is 1.76. The molecule has 7 heteroatoms. The molecule has 0 spiro atoms. The van der Waals surface area contributed by atoms with Crippen LogP contribution in [0.5, 0.6) is 0 Å². The fraction of sp³-hybridized carbons (Fsp3) is 0.667. The lowest BCUT2D eigenvalue weighted by Crippen LogP contribution is -2.49. The predicted molar refractivity (Wildman–Crippen MR) is 59.4 cm³/mol. The molecule has 0 aliphatic carbocycles. The van der Waals surface area contributed by atoms with Crippen LogP contribution in [0.3, 0.4) is 0 Å². The number of aromatic amines is 1. The molecule has 1 aliphatic rings. The number of carbonyl (C=O) groups excluding carboxylic acids is 1. The van der Waals surface area contributed by atoms with Crippen molar-refractivity contribution in [3.05, 3.63) is 11.9 Å². The van der Waals surface area contributed by atoms with E-state index in [2.05, 4.69) is 20.3 Å². The number of hydrogen-bond acceptors (Lipinski definition) is 4. The molecular formula is C9H14ClN5O. The summed E-state index contributed by atoms with van der Waals surface area (Å²) < 4.78 is 0. The van der Waals surface area contributed by atoms with Crippen LogP contribution in [-0.4, -0.2) is 69.7 Å². The van der Waals surface area contributed by atoms with Crippen molar-refractivity contribution in [3.8, 4) is 0 Å². The van der Waals surface area contributed by atoms with Gasteiger partial charge in [0.1, 0.15) is 0 Å². The summed E-state index contributed by atoms with van der Waals surface area (Å²) in [6, 6.07) is 0. The molecule has 0 unspecified atom stereocenters. The maximum absolute atomic E-state index is 11.9. The molecule has 1 fully saturated rings. The van der Waals surface area contributed by atoms with Gasteiger partial charge in [0.15, 0.2) is 5.69 Å². The van der Waals surface area contributed by atoms with E-state index in [9.17, 15) is 4.79 Å². The van der Waals surface area contributed by atoms with Gasteiger partial charge in [0.2, 0.25) is 0 Å². The molecule has 0 aromatic carbocycles. The Balaban J connectivity index is 1.87. The first-order valence-corrected chi connectivity index (χ1v) is 5.78. The Kier molecular flexibility index (Phi) is 3.74. The minimum Gasteiger partial charge on any atom is -0.335 e. The number of halogens is 1. The quantitative estimate of drug-likeness (QED) is 0.747.